The Balaban J connectivity index is 1.90. The van der Waals surface area contributed by atoms with E-state index in [1.54, 1.807) is 18.4 Å². The zero-order chi connectivity index (χ0) is 17.8. The molecule has 2 aromatic carbocycles. The summed E-state index contributed by atoms with van der Waals surface area (Å²) >= 11 is 7.65. The number of hydrogen-bond acceptors (Lipinski definition) is 5. The monoisotopic (exact) mass is 375 g/mol. The second-order valence-corrected chi connectivity index (χ2v) is 7.60. The fourth-order valence-electron chi connectivity index (χ4n) is 2.59. The maximum absolute atomic E-state index is 5.99. The highest BCUT2D eigenvalue weighted by Crippen LogP contribution is 2.37. The third-order valence-electron chi connectivity index (χ3n) is 3.89. The predicted octanol–water partition coefficient (Wildman–Crippen LogP) is 4.99. The molecule has 0 fully saturated rings. The van der Waals surface area contributed by atoms with Gasteiger partial charge in [-0.3, -0.25) is 0 Å². The van der Waals surface area contributed by atoms with Gasteiger partial charge in [-0.2, -0.15) is 0 Å². The van der Waals surface area contributed by atoms with E-state index in [-0.39, 0.29) is 0 Å². The Morgan fingerprint density at radius 3 is 2.64 bits per heavy atom. The number of benzene rings is 2. The van der Waals surface area contributed by atoms with Crippen LogP contribution in [-0.4, -0.2) is 44.2 Å². The van der Waals surface area contributed by atoms with Crippen molar-refractivity contribution in [1.29, 1.82) is 0 Å². The van der Waals surface area contributed by atoms with Gasteiger partial charge in [0.1, 0.15) is 16.3 Å². The van der Waals surface area contributed by atoms with Crippen molar-refractivity contribution < 1.29 is 4.74 Å². The number of anilines is 1. The summed E-state index contributed by atoms with van der Waals surface area (Å²) < 4.78 is 6.56. The molecule has 1 heterocycles. The largest absolute Gasteiger partial charge is 0.497 e. The van der Waals surface area contributed by atoms with Gasteiger partial charge in [0.15, 0.2) is 0 Å². The van der Waals surface area contributed by atoms with Crippen LogP contribution in [0.15, 0.2) is 36.4 Å². The number of fused-ring (bicyclic) bond motifs is 1. The maximum Gasteiger partial charge on any atom is 0.124 e. The van der Waals surface area contributed by atoms with E-state index in [4.69, 9.17) is 21.3 Å². The number of methoxy groups -OCH3 is 1. The number of rotatable bonds is 7. The fourth-order valence-corrected chi connectivity index (χ4v) is 3.74. The molecule has 132 valence electrons. The summed E-state index contributed by atoms with van der Waals surface area (Å²) in [7, 11) is 5.86. The Bertz CT molecular complexity index is 846. The van der Waals surface area contributed by atoms with Gasteiger partial charge in [-0.1, -0.05) is 23.7 Å². The van der Waals surface area contributed by atoms with Crippen LogP contribution >= 0.6 is 22.9 Å². The van der Waals surface area contributed by atoms with E-state index in [2.05, 4.69) is 24.3 Å². The lowest BCUT2D eigenvalue weighted by atomic mass is 10.2. The number of ether oxygens (including phenoxy) is 1. The van der Waals surface area contributed by atoms with Crippen molar-refractivity contribution in [2.75, 3.05) is 39.6 Å². The summed E-state index contributed by atoms with van der Waals surface area (Å²) in [4.78, 5) is 7.03. The highest BCUT2D eigenvalue weighted by Gasteiger charge is 2.12. The Morgan fingerprint density at radius 1 is 1.20 bits per heavy atom. The quantitative estimate of drug-likeness (QED) is 0.590. The molecule has 4 nitrogen and oxygen atoms in total. The smallest absolute Gasteiger partial charge is 0.124 e. The first kappa shape index (κ1) is 18.0. The van der Waals surface area contributed by atoms with Crippen molar-refractivity contribution in [3.63, 3.8) is 0 Å². The summed E-state index contributed by atoms with van der Waals surface area (Å²) in [6.07, 6.45) is 1.07. The van der Waals surface area contributed by atoms with Gasteiger partial charge in [-0.05, 0) is 45.3 Å². The highest BCUT2D eigenvalue weighted by atomic mass is 35.5. The summed E-state index contributed by atoms with van der Waals surface area (Å²) in [6.45, 7) is 1.95. The van der Waals surface area contributed by atoms with Crippen LogP contribution in [0.5, 0.6) is 5.75 Å². The minimum atomic E-state index is 0.731. The van der Waals surface area contributed by atoms with Gasteiger partial charge < -0.3 is 15.0 Å². The molecule has 1 N–H and O–H groups in total. The molecule has 3 rings (SSSR count). The molecule has 1 aromatic heterocycles. The molecule has 0 bridgehead atoms. The average Bonchev–Trinajstić information content (AvgIpc) is 3.03. The van der Waals surface area contributed by atoms with E-state index in [0.29, 0.717) is 0 Å². The van der Waals surface area contributed by atoms with Crippen molar-refractivity contribution in [2.45, 2.75) is 6.42 Å². The van der Waals surface area contributed by atoms with Gasteiger partial charge in [-0.25, -0.2) is 4.98 Å². The summed E-state index contributed by atoms with van der Waals surface area (Å²) in [5.41, 5.74) is 3.08. The molecule has 0 saturated carbocycles. The van der Waals surface area contributed by atoms with E-state index in [9.17, 15) is 0 Å². The second kappa shape index (κ2) is 8.04. The molecule has 3 aromatic rings. The Labute approximate surface area is 157 Å². The van der Waals surface area contributed by atoms with E-state index in [0.717, 1.165) is 56.8 Å². The topological polar surface area (TPSA) is 37.4 Å². The van der Waals surface area contributed by atoms with Crippen LogP contribution in [0.4, 0.5) is 5.69 Å². The second-order valence-electron chi connectivity index (χ2n) is 6.13. The molecule has 0 aliphatic rings. The molecule has 0 amide bonds. The maximum atomic E-state index is 5.99. The standard InChI is InChI=1S/C19H22ClN3OS/c1-23(2)10-4-9-21-16-11-15(24-3)12-17-18(16)22-19(25-17)13-5-7-14(20)8-6-13/h5-8,11-12,21H,4,9-10H2,1-3H3. The van der Waals surface area contributed by atoms with Crippen molar-refractivity contribution in [3.8, 4) is 16.3 Å². The van der Waals surface area contributed by atoms with Crippen LogP contribution in [0.2, 0.25) is 5.02 Å². The van der Waals surface area contributed by atoms with E-state index in [1.807, 2.05) is 36.4 Å². The number of hydrogen-bond donors (Lipinski definition) is 1. The normalized spacial score (nSPS) is 11.2. The van der Waals surface area contributed by atoms with Crippen molar-refractivity contribution >= 4 is 38.8 Å². The SMILES string of the molecule is COc1cc(NCCCN(C)C)c2nc(-c3ccc(Cl)cc3)sc2c1. The first-order valence-corrected chi connectivity index (χ1v) is 9.39. The average molecular weight is 376 g/mol. The van der Waals surface area contributed by atoms with Gasteiger partial charge >= 0.3 is 0 Å². The van der Waals surface area contributed by atoms with Gasteiger partial charge in [0.25, 0.3) is 0 Å². The number of halogens is 1. The zero-order valence-electron chi connectivity index (χ0n) is 14.7. The molecule has 0 atom stereocenters. The van der Waals surface area contributed by atoms with Crippen molar-refractivity contribution in [1.82, 2.24) is 9.88 Å². The van der Waals surface area contributed by atoms with E-state index in [1.165, 1.54) is 0 Å². The first-order chi connectivity index (χ1) is 12.1. The summed E-state index contributed by atoms with van der Waals surface area (Å²) in [6, 6.07) is 11.8. The molecule has 0 aliphatic heterocycles. The number of thiazole rings is 1. The molecule has 0 radical (unpaired) electrons. The van der Waals surface area contributed by atoms with Crippen LogP contribution in [0.25, 0.3) is 20.8 Å². The Morgan fingerprint density at radius 2 is 1.96 bits per heavy atom. The minimum Gasteiger partial charge on any atom is -0.497 e. The fraction of sp³-hybridized carbons (Fsp3) is 0.316. The molecule has 25 heavy (non-hydrogen) atoms. The third-order valence-corrected chi connectivity index (χ3v) is 5.20. The molecule has 0 spiro atoms. The van der Waals surface area contributed by atoms with Gasteiger partial charge in [-0.15, -0.1) is 11.3 Å². The third kappa shape index (κ3) is 4.42. The summed E-state index contributed by atoms with van der Waals surface area (Å²) in [5, 5.41) is 5.22. The summed E-state index contributed by atoms with van der Waals surface area (Å²) in [5.74, 6) is 0.842. The van der Waals surface area contributed by atoms with Crippen molar-refractivity contribution in [3.05, 3.63) is 41.4 Å². The van der Waals surface area contributed by atoms with Gasteiger partial charge in [0.05, 0.1) is 17.5 Å². The Kier molecular flexibility index (Phi) is 5.78. The molecule has 6 heteroatoms. The van der Waals surface area contributed by atoms with E-state index >= 15 is 0 Å². The molecule has 0 saturated heterocycles. The van der Waals surface area contributed by atoms with Crippen LogP contribution in [-0.2, 0) is 0 Å². The van der Waals surface area contributed by atoms with Gasteiger partial charge in [0, 0.05) is 23.2 Å². The Hall–Kier alpha value is -1.82. The molecule has 0 unspecified atom stereocenters. The molecular formula is C19H22ClN3OS. The zero-order valence-corrected chi connectivity index (χ0v) is 16.2. The molecule has 0 aliphatic carbocycles. The number of aromatic nitrogens is 1. The predicted molar refractivity (Wildman–Crippen MR) is 108 cm³/mol. The van der Waals surface area contributed by atoms with Crippen LogP contribution < -0.4 is 10.1 Å². The lowest BCUT2D eigenvalue weighted by Gasteiger charge is -2.12. The van der Waals surface area contributed by atoms with Crippen molar-refractivity contribution in [2.24, 2.45) is 0 Å². The van der Waals surface area contributed by atoms with Crippen LogP contribution in [0.1, 0.15) is 6.42 Å². The first-order valence-electron chi connectivity index (χ1n) is 8.20. The molecular weight excluding hydrogens is 354 g/mol. The minimum absolute atomic E-state index is 0.731. The van der Waals surface area contributed by atoms with Crippen LogP contribution in [0.3, 0.4) is 0 Å². The highest BCUT2D eigenvalue weighted by molar-refractivity contribution is 7.21. The lowest BCUT2D eigenvalue weighted by Crippen LogP contribution is -2.16. The van der Waals surface area contributed by atoms with Gasteiger partial charge in [0.2, 0.25) is 0 Å². The number of nitrogens with zero attached hydrogens (tertiary/aromatic N) is 2. The van der Waals surface area contributed by atoms with Crippen LogP contribution in [0, 0.1) is 0 Å². The number of nitrogens with one attached hydrogen (secondary N) is 1. The lowest BCUT2D eigenvalue weighted by molar-refractivity contribution is 0.405. The van der Waals surface area contributed by atoms with E-state index < -0.39 is 0 Å².